The number of benzene rings is 1. The molecule has 5 aliphatic rings. The zero-order chi connectivity index (χ0) is 22.9. The first-order valence-corrected chi connectivity index (χ1v) is 12.2. The average molecular weight is 457 g/mol. The topological polar surface area (TPSA) is 69.6 Å². The first-order valence-electron chi connectivity index (χ1n) is 11.8. The second-order valence-electron chi connectivity index (χ2n) is 11.8. The van der Waals surface area contributed by atoms with Crippen molar-refractivity contribution < 1.29 is 14.7 Å². The van der Waals surface area contributed by atoms with Gasteiger partial charge in [-0.2, -0.15) is 0 Å². The van der Waals surface area contributed by atoms with E-state index in [0.717, 1.165) is 54.7 Å². The zero-order valence-electron chi connectivity index (χ0n) is 19.3. The number of carboxylic acid groups (broad SMARTS) is 1. The molecule has 2 N–H and O–H groups in total. The van der Waals surface area contributed by atoms with Crippen molar-refractivity contribution in [3.8, 4) is 0 Å². The molecule has 1 atom stereocenters. The van der Waals surface area contributed by atoms with E-state index in [1.807, 2.05) is 11.1 Å². The molecule has 1 aromatic carbocycles. The summed E-state index contributed by atoms with van der Waals surface area (Å²) in [5.74, 6) is -0.724. The molecule has 0 saturated heterocycles. The summed E-state index contributed by atoms with van der Waals surface area (Å²) in [6, 6.07) is 6.21. The Labute approximate surface area is 195 Å². The van der Waals surface area contributed by atoms with E-state index in [0.29, 0.717) is 19.3 Å². The summed E-state index contributed by atoms with van der Waals surface area (Å²) >= 11 is 6.73. The molecule has 172 valence electrons. The van der Waals surface area contributed by atoms with Crippen molar-refractivity contribution in [1.29, 1.82) is 0 Å². The molecule has 2 bridgehead atoms. The number of urea groups is 1. The van der Waals surface area contributed by atoms with Gasteiger partial charge in [-0.05, 0) is 79.5 Å². The van der Waals surface area contributed by atoms with Crippen molar-refractivity contribution in [2.24, 2.45) is 10.8 Å². The van der Waals surface area contributed by atoms with E-state index in [9.17, 15) is 14.7 Å². The van der Waals surface area contributed by atoms with E-state index in [1.165, 1.54) is 5.57 Å². The number of nitrogens with zero attached hydrogens (tertiary/aromatic N) is 1. The Balaban J connectivity index is 1.43. The Morgan fingerprint density at radius 2 is 1.94 bits per heavy atom. The van der Waals surface area contributed by atoms with Gasteiger partial charge in [-0.1, -0.05) is 50.9 Å². The molecule has 1 heterocycles. The lowest BCUT2D eigenvalue weighted by molar-refractivity contribution is -0.215. The van der Waals surface area contributed by atoms with Crippen LogP contribution in [0.25, 0.3) is 0 Å². The third-order valence-electron chi connectivity index (χ3n) is 8.28. The number of nitrogens with one attached hydrogen (secondary N) is 1. The maximum Gasteiger partial charge on any atom is 0.322 e. The molecule has 6 heteroatoms. The van der Waals surface area contributed by atoms with Crippen LogP contribution in [0.3, 0.4) is 0 Å². The van der Waals surface area contributed by atoms with Crippen molar-refractivity contribution in [3.63, 3.8) is 0 Å². The van der Waals surface area contributed by atoms with Gasteiger partial charge in [0.25, 0.3) is 0 Å². The van der Waals surface area contributed by atoms with Crippen LogP contribution in [0.15, 0.2) is 30.0 Å². The number of carboxylic acids is 1. The van der Waals surface area contributed by atoms with Gasteiger partial charge in [-0.25, -0.2) is 4.79 Å². The molecular weight excluding hydrogens is 424 g/mol. The van der Waals surface area contributed by atoms with Crippen LogP contribution < -0.4 is 5.32 Å². The minimum absolute atomic E-state index is 0.109. The molecule has 1 aliphatic heterocycles. The third-order valence-corrected chi connectivity index (χ3v) is 8.63. The number of aryl methyl sites for hydroxylation is 1. The molecule has 0 radical (unpaired) electrons. The number of carbonyl (C=O) groups excluding carboxylic acids is 1. The van der Waals surface area contributed by atoms with Crippen molar-refractivity contribution >= 4 is 23.6 Å². The minimum Gasteiger partial charge on any atom is -0.481 e. The quantitative estimate of drug-likeness (QED) is 0.570. The zero-order valence-corrected chi connectivity index (χ0v) is 20.0. The smallest absolute Gasteiger partial charge is 0.322 e. The summed E-state index contributed by atoms with van der Waals surface area (Å²) in [6.07, 6.45) is 9.68. The van der Waals surface area contributed by atoms with Crippen molar-refractivity contribution in [2.75, 3.05) is 0 Å². The molecule has 4 aliphatic carbocycles. The molecule has 32 heavy (non-hydrogen) atoms. The first-order chi connectivity index (χ1) is 15.0. The highest BCUT2D eigenvalue weighted by atomic mass is 35.5. The van der Waals surface area contributed by atoms with Gasteiger partial charge in [0.2, 0.25) is 0 Å². The van der Waals surface area contributed by atoms with Crippen LogP contribution in [0.2, 0.25) is 5.02 Å². The van der Waals surface area contributed by atoms with E-state index in [-0.39, 0.29) is 17.0 Å². The first kappa shape index (κ1) is 21.8. The van der Waals surface area contributed by atoms with E-state index >= 15 is 0 Å². The summed E-state index contributed by atoms with van der Waals surface area (Å²) in [6.45, 7) is 6.71. The molecule has 0 unspecified atom stereocenters. The molecule has 0 aromatic heterocycles. The fourth-order valence-corrected chi connectivity index (χ4v) is 6.63. The minimum atomic E-state index is -0.724. The number of hydrogen-bond donors (Lipinski definition) is 2. The van der Waals surface area contributed by atoms with Gasteiger partial charge < -0.3 is 10.4 Å². The monoisotopic (exact) mass is 456 g/mol. The number of aliphatic carboxylic acids is 1. The highest BCUT2D eigenvalue weighted by Gasteiger charge is 2.75. The van der Waals surface area contributed by atoms with Gasteiger partial charge in [0.1, 0.15) is 0 Å². The Morgan fingerprint density at radius 3 is 2.56 bits per heavy atom. The molecule has 5 nitrogen and oxygen atoms in total. The Hall–Kier alpha value is -2.01. The lowest BCUT2D eigenvalue weighted by Crippen LogP contribution is -2.78. The lowest BCUT2D eigenvalue weighted by Gasteiger charge is -2.71. The molecule has 0 spiro atoms. The normalized spacial score (nSPS) is 33.4. The maximum atomic E-state index is 13.3. The molecular formula is C26H33ClN2O3. The summed E-state index contributed by atoms with van der Waals surface area (Å²) in [5.41, 5.74) is 2.26. The van der Waals surface area contributed by atoms with Crippen molar-refractivity contribution in [1.82, 2.24) is 10.2 Å². The Kier molecular flexibility index (Phi) is 4.77. The van der Waals surface area contributed by atoms with Gasteiger partial charge in [0.15, 0.2) is 0 Å². The number of fused-ring (bicyclic) bond motifs is 1. The van der Waals surface area contributed by atoms with Crippen LogP contribution in [0.1, 0.15) is 83.3 Å². The molecule has 2 amide bonds. The Morgan fingerprint density at radius 1 is 1.22 bits per heavy atom. The molecule has 6 rings (SSSR count). The van der Waals surface area contributed by atoms with Crippen LogP contribution in [-0.2, 0) is 16.8 Å². The van der Waals surface area contributed by atoms with E-state index in [1.54, 1.807) is 0 Å². The van der Waals surface area contributed by atoms with Crippen LogP contribution in [0.5, 0.6) is 0 Å². The molecule has 4 fully saturated rings. The maximum absolute atomic E-state index is 13.3. The third kappa shape index (κ3) is 3.19. The number of rotatable bonds is 5. The number of carbonyl (C=O) groups is 2. The van der Waals surface area contributed by atoms with E-state index < -0.39 is 16.9 Å². The van der Waals surface area contributed by atoms with Crippen LogP contribution in [-0.4, -0.2) is 27.5 Å². The fraction of sp³-hybridized carbons (Fsp3) is 0.615. The average Bonchev–Trinajstić information content (AvgIpc) is 2.64. The standard InChI is InChI=1S/C26H33ClN2O3/c1-23(2,3)11-9-17-7-8-18(12-20(17)27)26-10-5-4-6-19(26)13-29(22(32)28-26)25-14-24(15-25,16-25)21(30)31/h7-8,12-13H,4-6,9-11,14-16H2,1-3H3,(H,28,32)(H,30,31)/t24?,25?,26-/m1/s1. The van der Waals surface area contributed by atoms with E-state index in [2.05, 4.69) is 44.3 Å². The number of hydrogen-bond acceptors (Lipinski definition) is 2. The molecule has 1 aromatic rings. The van der Waals surface area contributed by atoms with Crippen LogP contribution >= 0.6 is 11.6 Å². The van der Waals surface area contributed by atoms with Crippen molar-refractivity contribution in [2.45, 2.75) is 89.6 Å². The fourth-order valence-electron chi connectivity index (χ4n) is 6.35. The summed E-state index contributed by atoms with van der Waals surface area (Å²) < 4.78 is 0. The highest BCUT2D eigenvalue weighted by molar-refractivity contribution is 6.31. The summed E-state index contributed by atoms with van der Waals surface area (Å²) in [5, 5.41) is 13.6. The Bertz CT molecular complexity index is 1000. The largest absolute Gasteiger partial charge is 0.481 e. The highest BCUT2D eigenvalue weighted by Crippen LogP contribution is 2.70. The van der Waals surface area contributed by atoms with Gasteiger partial charge in [-0.15, -0.1) is 0 Å². The van der Waals surface area contributed by atoms with E-state index in [4.69, 9.17) is 11.6 Å². The molecule has 4 saturated carbocycles. The second-order valence-corrected chi connectivity index (χ2v) is 12.2. The second kappa shape index (κ2) is 6.99. The van der Waals surface area contributed by atoms with Gasteiger partial charge in [-0.3, -0.25) is 9.69 Å². The number of halogens is 1. The van der Waals surface area contributed by atoms with Gasteiger partial charge in [0, 0.05) is 11.2 Å². The summed E-state index contributed by atoms with van der Waals surface area (Å²) in [4.78, 5) is 26.7. The van der Waals surface area contributed by atoms with Gasteiger partial charge >= 0.3 is 12.0 Å². The van der Waals surface area contributed by atoms with Crippen molar-refractivity contribution in [3.05, 3.63) is 46.1 Å². The number of amides is 2. The summed E-state index contributed by atoms with van der Waals surface area (Å²) in [7, 11) is 0. The predicted molar refractivity (Wildman–Crippen MR) is 124 cm³/mol. The SMILES string of the molecule is CC(C)(C)CCc1ccc([C@]23CCCCC2=CN(C24CC(C(=O)O)(C2)C4)C(=O)N3)cc1Cl. The lowest BCUT2D eigenvalue weighted by atomic mass is 9.38. The van der Waals surface area contributed by atoms with Crippen LogP contribution in [0.4, 0.5) is 4.79 Å². The van der Waals surface area contributed by atoms with Gasteiger partial charge in [0.05, 0.1) is 16.5 Å². The predicted octanol–water partition coefficient (Wildman–Crippen LogP) is 6.00. The van der Waals surface area contributed by atoms with Crippen LogP contribution in [0, 0.1) is 10.8 Å².